The van der Waals surface area contributed by atoms with Crippen molar-refractivity contribution >= 4 is 32.6 Å². The van der Waals surface area contributed by atoms with Crippen molar-refractivity contribution in [3.63, 3.8) is 0 Å². The molecule has 1 aliphatic heterocycles. The Morgan fingerprint density at radius 1 is 1.20 bits per heavy atom. The van der Waals surface area contributed by atoms with Gasteiger partial charge in [-0.1, -0.05) is 0 Å². The molecule has 0 atom stereocenters. The van der Waals surface area contributed by atoms with Crippen LogP contribution in [0.5, 0.6) is 0 Å². The predicted octanol–water partition coefficient (Wildman–Crippen LogP) is 2.50. The van der Waals surface area contributed by atoms with Gasteiger partial charge in [-0.25, -0.2) is 0 Å². The number of aromatic nitrogens is 4. The lowest BCUT2D eigenvalue weighted by Gasteiger charge is -1.93. The Balaban J connectivity index is 1.97. The molecule has 20 heavy (non-hydrogen) atoms. The van der Waals surface area contributed by atoms with Crippen molar-refractivity contribution in [1.29, 1.82) is 0 Å². The highest BCUT2D eigenvalue weighted by atomic mass is 32.1. The molecule has 0 N–H and O–H groups in total. The van der Waals surface area contributed by atoms with Gasteiger partial charge in [0.1, 0.15) is 0 Å². The van der Waals surface area contributed by atoms with Crippen LogP contribution in [0.2, 0.25) is 0 Å². The summed E-state index contributed by atoms with van der Waals surface area (Å²) in [5, 5.41) is 2.53. The highest BCUT2D eigenvalue weighted by Crippen LogP contribution is 2.38. The largest absolute Gasteiger partial charge is 0.330 e. The molecular formula is C15H11N4S+. The first-order valence-corrected chi connectivity index (χ1v) is 7.34. The third-order valence-corrected chi connectivity index (χ3v) is 5.39. The van der Waals surface area contributed by atoms with Crippen LogP contribution in [0, 0.1) is 0 Å². The van der Waals surface area contributed by atoms with E-state index in [2.05, 4.69) is 38.3 Å². The minimum absolute atomic E-state index is 0.932. The second-order valence-electron chi connectivity index (χ2n) is 5.13. The molecule has 0 unspecified atom stereocenters. The van der Waals surface area contributed by atoms with E-state index in [9.17, 15) is 0 Å². The molecule has 96 valence electrons. The Morgan fingerprint density at radius 2 is 2.05 bits per heavy atom. The Kier molecular flexibility index (Phi) is 1.80. The first kappa shape index (κ1) is 10.5. The van der Waals surface area contributed by atoms with Crippen molar-refractivity contribution in [1.82, 2.24) is 14.5 Å². The van der Waals surface area contributed by atoms with Crippen molar-refractivity contribution in [3.05, 3.63) is 42.5 Å². The number of thiazole rings is 1. The van der Waals surface area contributed by atoms with Crippen molar-refractivity contribution in [2.24, 2.45) is 7.05 Å². The minimum atomic E-state index is 0.932. The molecule has 0 aromatic carbocycles. The maximum atomic E-state index is 4.30. The number of hydrogen-bond acceptors (Lipinski definition) is 3. The zero-order chi connectivity index (χ0) is 13.3. The SMILES string of the molecule is Cn1c2ccncc2c2c1sc1[n+]2Cc2ccncc2-1. The normalized spacial score (nSPS) is 13.1. The van der Waals surface area contributed by atoms with Crippen LogP contribution < -0.4 is 4.57 Å². The summed E-state index contributed by atoms with van der Waals surface area (Å²) < 4.78 is 4.66. The highest BCUT2D eigenvalue weighted by molar-refractivity contribution is 7.21. The zero-order valence-corrected chi connectivity index (χ0v) is 11.7. The monoisotopic (exact) mass is 279 g/mol. The minimum Gasteiger partial charge on any atom is -0.330 e. The summed E-state index contributed by atoms with van der Waals surface area (Å²) in [6.45, 7) is 0.932. The third-order valence-electron chi connectivity index (χ3n) is 4.10. The van der Waals surface area contributed by atoms with E-state index < -0.39 is 0 Å². The number of aryl methyl sites for hydroxylation is 1. The van der Waals surface area contributed by atoms with Crippen LogP contribution in [0.25, 0.3) is 31.8 Å². The second-order valence-corrected chi connectivity index (χ2v) is 6.11. The van der Waals surface area contributed by atoms with Gasteiger partial charge in [-0.3, -0.25) is 9.97 Å². The molecule has 0 aliphatic carbocycles. The van der Waals surface area contributed by atoms with Gasteiger partial charge < -0.3 is 4.57 Å². The molecule has 0 fully saturated rings. The molecule has 0 saturated carbocycles. The van der Waals surface area contributed by atoms with Crippen molar-refractivity contribution in [2.45, 2.75) is 6.54 Å². The van der Waals surface area contributed by atoms with Gasteiger partial charge in [0.25, 0.3) is 10.5 Å². The molecule has 4 aromatic heterocycles. The molecule has 5 heterocycles. The van der Waals surface area contributed by atoms with Gasteiger partial charge in [-0.05, 0) is 23.5 Å². The standard InChI is InChI=1S/C15H11N4S/c1-18-12-3-5-17-7-11(12)13-15(18)20-14-10-6-16-4-2-9(10)8-19(13)14/h2-7H,8H2,1H3/q+1. The van der Waals surface area contributed by atoms with Crippen LogP contribution >= 0.6 is 11.3 Å². The van der Waals surface area contributed by atoms with Gasteiger partial charge in [-0.2, -0.15) is 4.57 Å². The lowest BCUT2D eigenvalue weighted by Crippen LogP contribution is -2.30. The third kappa shape index (κ3) is 1.10. The molecule has 0 radical (unpaired) electrons. The fraction of sp³-hybridized carbons (Fsp3) is 0.133. The summed E-state index contributed by atoms with van der Waals surface area (Å²) in [6.07, 6.45) is 7.68. The molecule has 5 rings (SSSR count). The average molecular weight is 279 g/mol. The molecule has 0 bridgehead atoms. The Bertz CT molecular complexity index is 996. The van der Waals surface area contributed by atoms with Crippen molar-refractivity contribution in [2.75, 3.05) is 0 Å². The van der Waals surface area contributed by atoms with Crippen molar-refractivity contribution < 1.29 is 4.57 Å². The van der Waals surface area contributed by atoms with E-state index in [0.29, 0.717) is 0 Å². The number of rotatable bonds is 0. The van der Waals surface area contributed by atoms with Gasteiger partial charge in [0.2, 0.25) is 0 Å². The fourth-order valence-corrected chi connectivity index (χ4v) is 4.44. The Labute approximate surface area is 119 Å². The van der Waals surface area contributed by atoms with Crippen LogP contribution in [0.3, 0.4) is 0 Å². The van der Waals surface area contributed by atoms with E-state index in [-0.39, 0.29) is 0 Å². The van der Waals surface area contributed by atoms with Gasteiger partial charge in [-0.15, -0.1) is 0 Å². The summed E-state index contributed by atoms with van der Waals surface area (Å²) >= 11 is 1.84. The smallest absolute Gasteiger partial charge is 0.273 e. The molecule has 0 spiro atoms. The molecular weight excluding hydrogens is 268 g/mol. The van der Waals surface area contributed by atoms with Gasteiger partial charge in [0.15, 0.2) is 11.4 Å². The molecule has 4 aromatic rings. The van der Waals surface area contributed by atoms with Crippen LogP contribution in [0.1, 0.15) is 5.56 Å². The molecule has 0 saturated heterocycles. The van der Waals surface area contributed by atoms with E-state index in [1.165, 1.54) is 37.4 Å². The summed E-state index contributed by atoms with van der Waals surface area (Å²) in [5.41, 5.74) is 5.16. The van der Waals surface area contributed by atoms with E-state index >= 15 is 0 Å². The fourth-order valence-electron chi connectivity index (χ4n) is 3.15. The van der Waals surface area contributed by atoms with Crippen LogP contribution in [0.15, 0.2) is 36.9 Å². The first-order chi connectivity index (χ1) is 9.84. The van der Waals surface area contributed by atoms with E-state index in [1.807, 2.05) is 36.1 Å². The molecule has 5 heteroatoms. The van der Waals surface area contributed by atoms with Gasteiger partial charge in [0.05, 0.1) is 16.5 Å². The number of fused-ring (bicyclic) bond motifs is 7. The maximum Gasteiger partial charge on any atom is 0.273 e. The Morgan fingerprint density at radius 3 is 3.00 bits per heavy atom. The highest BCUT2D eigenvalue weighted by Gasteiger charge is 2.34. The topological polar surface area (TPSA) is 34.6 Å². The van der Waals surface area contributed by atoms with E-state index in [4.69, 9.17) is 0 Å². The van der Waals surface area contributed by atoms with Crippen LogP contribution in [-0.4, -0.2) is 14.5 Å². The summed E-state index contributed by atoms with van der Waals surface area (Å²) in [6, 6.07) is 4.20. The maximum absolute atomic E-state index is 4.30. The van der Waals surface area contributed by atoms with Crippen LogP contribution in [0.4, 0.5) is 0 Å². The molecule has 1 aliphatic rings. The second kappa shape index (κ2) is 3.43. The number of pyridine rings is 2. The quantitative estimate of drug-likeness (QED) is 0.408. The molecule has 0 amide bonds. The number of hydrogen-bond donors (Lipinski definition) is 0. The summed E-state index contributed by atoms with van der Waals surface area (Å²) in [4.78, 5) is 9.87. The van der Waals surface area contributed by atoms with Crippen molar-refractivity contribution in [3.8, 4) is 10.6 Å². The first-order valence-electron chi connectivity index (χ1n) is 6.52. The Hall–Kier alpha value is -2.27. The number of nitrogens with zero attached hydrogens (tertiary/aromatic N) is 4. The lowest BCUT2D eigenvalue weighted by atomic mass is 10.2. The summed E-state index contributed by atoms with van der Waals surface area (Å²) in [5.74, 6) is 0. The van der Waals surface area contributed by atoms with E-state index in [0.717, 1.165) is 6.54 Å². The van der Waals surface area contributed by atoms with Crippen LogP contribution in [-0.2, 0) is 13.6 Å². The molecule has 4 nitrogen and oxygen atoms in total. The summed E-state index contributed by atoms with van der Waals surface area (Å²) in [7, 11) is 2.13. The predicted molar refractivity (Wildman–Crippen MR) is 78.6 cm³/mol. The van der Waals surface area contributed by atoms with E-state index in [1.54, 1.807) is 0 Å². The zero-order valence-electron chi connectivity index (χ0n) is 10.9. The van der Waals surface area contributed by atoms with Gasteiger partial charge in [0, 0.05) is 37.4 Å². The lowest BCUT2D eigenvalue weighted by molar-refractivity contribution is -0.641. The average Bonchev–Trinajstić information content (AvgIpc) is 3.09. The van der Waals surface area contributed by atoms with Gasteiger partial charge >= 0.3 is 0 Å².